The summed E-state index contributed by atoms with van der Waals surface area (Å²) in [4.78, 5) is 34.8. The maximum absolute atomic E-state index is 12.5. The SMILES string of the molecule is O=C(O)CC(O)(CC(=O)NC1CC=CCC1c1ccc(C=Cc2ccccc2)cc1)C(=O)O. The second-order valence-electron chi connectivity index (χ2n) is 8.22. The van der Waals surface area contributed by atoms with Crippen molar-refractivity contribution < 1.29 is 29.7 Å². The lowest BCUT2D eigenvalue weighted by atomic mass is 9.83. The van der Waals surface area contributed by atoms with E-state index in [0.717, 1.165) is 16.7 Å². The molecule has 0 bridgehead atoms. The van der Waals surface area contributed by atoms with Crippen molar-refractivity contribution in [2.45, 2.75) is 43.2 Å². The zero-order chi connectivity index (χ0) is 23.8. The zero-order valence-electron chi connectivity index (χ0n) is 18.1. The summed E-state index contributed by atoms with van der Waals surface area (Å²) in [7, 11) is 0. The van der Waals surface area contributed by atoms with E-state index in [0.29, 0.717) is 12.8 Å². The Balaban J connectivity index is 1.68. The van der Waals surface area contributed by atoms with Crippen molar-refractivity contribution in [3.05, 3.63) is 83.4 Å². The molecule has 3 rings (SSSR count). The van der Waals surface area contributed by atoms with Crippen LogP contribution in [0.15, 0.2) is 66.7 Å². The molecule has 2 aromatic carbocycles. The van der Waals surface area contributed by atoms with Crippen LogP contribution in [-0.2, 0) is 14.4 Å². The highest BCUT2D eigenvalue weighted by molar-refractivity contribution is 5.90. The van der Waals surface area contributed by atoms with Gasteiger partial charge in [-0.2, -0.15) is 0 Å². The van der Waals surface area contributed by atoms with Gasteiger partial charge in [-0.15, -0.1) is 0 Å². The highest BCUT2D eigenvalue weighted by Crippen LogP contribution is 2.30. The summed E-state index contributed by atoms with van der Waals surface area (Å²) >= 11 is 0. The maximum Gasteiger partial charge on any atom is 0.336 e. The van der Waals surface area contributed by atoms with Crippen molar-refractivity contribution in [1.82, 2.24) is 5.32 Å². The Morgan fingerprint density at radius 2 is 1.48 bits per heavy atom. The molecule has 0 aliphatic heterocycles. The number of aliphatic carboxylic acids is 2. The first-order chi connectivity index (χ1) is 15.8. The number of rotatable bonds is 9. The Kier molecular flexibility index (Phi) is 7.79. The fraction of sp³-hybridized carbons (Fsp3) is 0.269. The molecule has 7 heteroatoms. The molecule has 1 aliphatic carbocycles. The normalized spacial score (nSPS) is 19.7. The third kappa shape index (κ3) is 6.63. The van der Waals surface area contributed by atoms with Crippen LogP contribution in [0, 0.1) is 0 Å². The first-order valence-corrected chi connectivity index (χ1v) is 10.7. The molecule has 0 saturated heterocycles. The van der Waals surface area contributed by atoms with Crippen LogP contribution in [0.3, 0.4) is 0 Å². The molecule has 0 fully saturated rings. The third-order valence-electron chi connectivity index (χ3n) is 5.71. The average Bonchev–Trinajstić information content (AvgIpc) is 2.78. The van der Waals surface area contributed by atoms with E-state index < -0.39 is 36.3 Å². The first-order valence-electron chi connectivity index (χ1n) is 10.7. The van der Waals surface area contributed by atoms with E-state index in [-0.39, 0.29) is 12.0 Å². The van der Waals surface area contributed by atoms with Gasteiger partial charge in [-0.1, -0.05) is 78.9 Å². The molecule has 0 radical (unpaired) electrons. The number of hydrogen-bond donors (Lipinski definition) is 4. The van der Waals surface area contributed by atoms with Crippen molar-refractivity contribution in [3.63, 3.8) is 0 Å². The van der Waals surface area contributed by atoms with Gasteiger partial charge in [0.25, 0.3) is 0 Å². The predicted molar refractivity (Wildman–Crippen MR) is 124 cm³/mol. The number of nitrogens with one attached hydrogen (secondary N) is 1. The second-order valence-corrected chi connectivity index (χ2v) is 8.22. The summed E-state index contributed by atoms with van der Waals surface area (Å²) in [5, 5.41) is 31.0. The Hall–Kier alpha value is -3.71. The van der Waals surface area contributed by atoms with Gasteiger partial charge in [0.1, 0.15) is 0 Å². The molecule has 0 saturated carbocycles. The number of carboxylic acids is 2. The Morgan fingerprint density at radius 1 is 0.879 bits per heavy atom. The quantitative estimate of drug-likeness (QED) is 0.343. The largest absolute Gasteiger partial charge is 0.481 e. The molecule has 4 N–H and O–H groups in total. The van der Waals surface area contributed by atoms with Gasteiger partial charge in [-0.05, 0) is 29.5 Å². The van der Waals surface area contributed by atoms with Gasteiger partial charge in [0, 0.05) is 12.0 Å². The van der Waals surface area contributed by atoms with Crippen LogP contribution in [0.1, 0.15) is 48.3 Å². The van der Waals surface area contributed by atoms with Gasteiger partial charge in [0.15, 0.2) is 5.60 Å². The minimum atomic E-state index is -2.65. The summed E-state index contributed by atoms with van der Waals surface area (Å²) in [6.45, 7) is 0. The number of carboxylic acid groups (broad SMARTS) is 2. The molecule has 1 amide bonds. The smallest absolute Gasteiger partial charge is 0.336 e. The lowest BCUT2D eigenvalue weighted by molar-refractivity contribution is -0.167. The zero-order valence-corrected chi connectivity index (χ0v) is 18.1. The molecule has 172 valence electrons. The van der Waals surface area contributed by atoms with Crippen molar-refractivity contribution in [2.24, 2.45) is 0 Å². The summed E-state index contributed by atoms with van der Waals surface area (Å²) in [6.07, 6.45) is 7.40. The van der Waals surface area contributed by atoms with Gasteiger partial charge in [0.2, 0.25) is 5.91 Å². The number of hydrogen-bond acceptors (Lipinski definition) is 4. The number of carbonyl (C=O) groups is 3. The number of aliphatic hydroxyl groups is 1. The molecule has 3 atom stereocenters. The number of carbonyl (C=O) groups excluding carboxylic acids is 1. The topological polar surface area (TPSA) is 124 Å². The monoisotopic (exact) mass is 449 g/mol. The standard InChI is InChI=1S/C26H27NO6/c28-23(16-26(33,25(31)32)17-24(29)30)27-22-9-5-4-8-21(22)20-14-12-19(13-15-20)11-10-18-6-2-1-3-7-18/h1-7,10-15,21-22,33H,8-9,16-17H2,(H,27,28)(H,29,30)(H,31,32). The predicted octanol–water partition coefficient (Wildman–Crippen LogP) is 3.46. The van der Waals surface area contributed by atoms with Gasteiger partial charge in [-0.3, -0.25) is 9.59 Å². The summed E-state index contributed by atoms with van der Waals surface area (Å²) in [5.41, 5.74) is 0.518. The average molecular weight is 450 g/mol. The van der Waals surface area contributed by atoms with Crippen LogP contribution in [0.25, 0.3) is 12.2 Å². The number of amides is 1. The van der Waals surface area contributed by atoms with Crippen LogP contribution in [0.2, 0.25) is 0 Å². The van der Waals surface area contributed by atoms with E-state index in [4.69, 9.17) is 5.11 Å². The van der Waals surface area contributed by atoms with Crippen LogP contribution in [0.5, 0.6) is 0 Å². The summed E-state index contributed by atoms with van der Waals surface area (Å²) in [6, 6.07) is 17.7. The Bertz CT molecular complexity index is 1040. The fourth-order valence-corrected chi connectivity index (χ4v) is 3.94. The first kappa shape index (κ1) is 23.9. The molecule has 0 aromatic heterocycles. The molecule has 33 heavy (non-hydrogen) atoms. The van der Waals surface area contributed by atoms with Gasteiger partial charge in [-0.25, -0.2) is 4.79 Å². The molecule has 0 heterocycles. The minimum Gasteiger partial charge on any atom is -0.481 e. The minimum absolute atomic E-state index is 0.0245. The summed E-state index contributed by atoms with van der Waals surface area (Å²) < 4.78 is 0. The van der Waals surface area contributed by atoms with Crippen LogP contribution in [-0.4, -0.2) is 44.8 Å². The number of benzene rings is 2. The second kappa shape index (κ2) is 10.7. The van der Waals surface area contributed by atoms with Gasteiger partial charge in [0.05, 0.1) is 12.8 Å². The Morgan fingerprint density at radius 3 is 2.09 bits per heavy atom. The lowest BCUT2D eigenvalue weighted by Crippen LogP contribution is -2.48. The Labute approximate surface area is 192 Å². The van der Waals surface area contributed by atoms with E-state index in [1.54, 1.807) is 0 Å². The van der Waals surface area contributed by atoms with Crippen molar-refractivity contribution in [2.75, 3.05) is 0 Å². The molecule has 3 unspecified atom stereocenters. The van der Waals surface area contributed by atoms with Gasteiger partial charge < -0.3 is 20.6 Å². The maximum atomic E-state index is 12.5. The van der Waals surface area contributed by atoms with Crippen molar-refractivity contribution >= 4 is 30.0 Å². The molecular formula is C26H27NO6. The van der Waals surface area contributed by atoms with E-state index in [9.17, 15) is 24.6 Å². The summed E-state index contributed by atoms with van der Waals surface area (Å²) in [5.74, 6) is -3.95. The molecule has 0 spiro atoms. The van der Waals surface area contributed by atoms with Crippen LogP contribution < -0.4 is 5.32 Å². The van der Waals surface area contributed by atoms with E-state index >= 15 is 0 Å². The molecule has 7 nitrogen and oxygen atoms in total. The fourth-order valence-electron chi connectivity index (χ4n) is 3.94. The molecular weight excluding hydrogens is 422 g/mol. The van der Waals surface area contributed by atoms with Crippen LogP contribution in [0.4, 0.5) is 0 Å². The van der Waals surface area contributed by atoms with Crippen molar-refractivity contribution in [3.8, 4) is 0 Å². The van der Waals surface area contributed by atoms with Crippen LogP contribution >= 0.6 is 0 Å². The highest BCUT2D eigenvalue weighted by atomic mass is 16.4. The lowest BCUT2D eigenvalue weighted by Gasteiger charge is -2.31. The van der Waals surface area contributed by atoms with Crippen molar-refractivity contribution in [1.29, 1.82) is 0 Å². The number of allylic oxidation sites excluding steroid dienone is 1. The van der Waals surface area contributed by atoms with Gasteiger partial charge >= 0.3 is 11.9 Å². The third-order valence-corrected chi connectivity index (χ3v) is 5.71. The molecule has 1 aliphatic rings. The van der Waals surface area contributed by atoms with E-state index in [1.165, 1.54) is 0 Å². The van der Waals surface area contributed by atoms with E-state index in [2.05, 4.69) is 5.32 Å². The molecule has 2 aromatic rings. The highest BCUT2D eigenvalue weighted by Gasteiger charge is 2.41. The van der Waals surface area contributed by atoms with E-state index in [1.807, 2.05) is 78.9 Å².